The Morgan fingerprint density at radius 3 is 2.39 bits per heavy atom. The van der Waals surface area contributed by atoms with Crippen molar-refractivity contribution >= 4 is 23.1 Å². The van der Waals surface area contributed by atoms with Crippen LogP contribution in [-0.4, -0.2) is 52.9 Å². The van der Waals surface area contributed by atoms with E-state index in [-0.39, 0.29) is 17.9 Å². The Morgan fingerprint density at radius 2 is 1.94 bits per heavy atom. The molecule has 0 spiro atoms. The quantitative estimate of drug-likeness (QED) is 0.739. The van der Waals surface area contributed by atoms with E-state index in [0.29, 0.717) is 4.99 Å². The van der Waals surface area contributed by atoms with E-state index < -0.39 is 0 Å². The number of nitrogens with zero attached hydrogens (tertiary/aromatic N) is 2. The van der Waals surface area contributed by atoms with Gasteiger partial charge >= 0.3 is 0 Å². The molecule has 1 rings (SSSR count). The smallest absolute Gasteiger partial charge is 0.239 e. The summed E-state index contributed by atoms with van der Waals surface area (Å²) in [5.74, 6) is 0.387. The molecule has 0 aliphatic carbocycles. The highest BCUT2D eigenvalue weighted by Crippen LogP contribution is 2.13. The van der Waals surface area contributed by atoms with Gasteiger partial charge in [-0.15, -0.1) is 0 Å². The number of hydrogen-bond donors (Lipinski definition) is 1. The molecule has 0 aromatic rings. The zero-order valence-electron chi connectivity index (χ0n) is 11.7. The van der Waals surface area contributed by atoms with Gasteiger partial charge in [-0.2, -0.15) is 0 Å². The van der Waals surface area contributed by atoms with Crippen molar-refractivity contribution in [3.8, 4) is 0 Å². The lowest BCUT2D eigenvalue weighted by Gasteiger charge is -2.31. The summed E-state index contributed by atoms with van der Waals surface area (Å²) in [5, 5.41) is 0. The van der Waals surface area contributed by atoms with Crippen molar-refractivity contribution in [2.75, 3.05) is 26.2 Å². The van der Waals surface area contributed by atoms with Crippen LogP contribution >= 0.6 is 12.2 Å². The van der Waals surface area contributed by atoms with Gasteiger partial charge in [0.05, 0.1) is 11.0 Å². The normalized spacial score (nSPS) is 19.0. The average Bonchev–Trinajstić information content (AvgIpc) is 2.87. The van der Waals surface area contributed by atoms with Crippen LogP contribution in [0.3, 0.4) is 0 Å². The number of likely N-dealkylation sites (tertiary alicyclic amines) is 1. The third-order valence-electron chi connectivity index (χ3n) is 3.72. The summed E-state index contributed by atoms with van der Waals surface area (Å²) in [6.45, 7) is 9.48. The Kier molecular flexibility index (Phi) is 6.02. The molecule has 2 unspecified atom stereocenters. The van der Waals surface area contributed by atoms with E-state index in [9.17, 15) is 4.79 Å². The Morgan fingerprint density at radius 1 is 1.39 bits per heavy atom. The maximum atomic E-state index is 12.3. The molecule has 0 saturated carbocycles. The van der Waals surface area contributed by atoms with Gasteiger partial charge in [0.2, 0.25) is 5.91 Å². The van der Waals surface area contributed by atoms with Gasteiger partial charge in [-0.3, -0.25) is 9.69 Å². The molecular weight excluding hydrogens is 246 g/mol. The molecule has 1 aliphatic heterocycles. The molecule has 104 valence electrons. The predicted molar refractivity (Wildman–Crippen MR) is 78.5 cm³/mol. The molecule has 4 nitrogen and oxygen atoms in total. The molecule has 0 bridgehead atoms. The van der Waals surface area contributed by atoms with Gasteiger partial charge in [0.25, 0.3) is 0 Å². The van der Waals surface area contributed by atoms with E-state index >= 15 is 0 Å². The molecule has 5 heteroatoms. The van der Waals surface area contributed by atoms with Crippen LogP contribution in [0.2, 0.25) is 0 Å². The fourth-order valence-electron chi connectivity index (χ4n) is 2.36. The van der Waals surface area contributed by atoms with Crippen molar-refractivity contribution in [1.82, 2.24) is 9.80 Å². The third kappa shape index (κ3) is 3.92. The molecule has 1 fully saturated rings. The zero-order valence-corrected chi connectivity index (χ0v) is 12.5. The molecule has 2 N–H and O–H groups in total. The largest absolute Gasteiger partial charge is 0.393 e. The second-order valence-electron chi connectivity index (χ2n) is 5.10. The Balaban J connectivity index is 2.57. The highest BCUT2D eigenvalue weighted by Gasteiger charge is 2.27. The minimum atomic E-state index is -0.0788. The first-order valence-electron chi connectivity index (χ1n) is 6.79. The van der Waals surface area contributed by atoms with E-state index in [2.05, 4.69) is 11.8 Å². The lowest BCUT2D eigenvalue weighted by atomic mass is 10.1. The van der Waals surface area contributed by atoms with Gasteiger partial charge in [0.1, 0.15) is 0 Å². The highest BCUT2D eigenvalue weighted by atomic mass is 32.1. The van der Waals surface area contributed by atoms with Crippen LogP contribution in [0.15, 0.2) is 0 Å². The van der Waals surface area contributed by atoms with Gasteiger partial charge in [0.15, 0.2) is 0 Å². The summed E-state index contributed by atoms with van der Waals surface area (Å²) in [5.41, 5.74) is 5.65. The van der Waals surface area contributed by atoms with Crippen LogP contribution < -0.4 is 5.73 Å². The van der Waals surface area contributed by atoms with E-state index in [0.717, 1.165) is 39.0 Å². The van der Waals surface area contributed by atoms with Crippen molar-refractivity contribution in [3.05, 3.63) is 0 Å². The first-order valence-corrected chi connectivity index (χ1v) is 7.20. The second kappa shape index (κ2) is 7.04. The van der Waals surface area contributed by atoms with E-state index in [1.165, 1.54) is 0 Å². The van der Waals surface area contributed by atoms with Crippen molar-refractivity contribution in [2.24, 2.45) is 11.7 Å². The standard InChI is InChI=1S/C13H25N3OS/c1-4-15(9-10(2)12(14)18)11(3)13(17)16-7-5-6-8-16/h10-11H,4-9H2,1-3H3,(H2,14,18). The maximum absolute atomic E-state index is 12.3. The molecule has 18 heavy (non-hydrogen) atoms. The molecule has 1 heterocycles. The summed E-state index contributed by atoms with van der Waals surface area (Å²) in [6, 6.07) is -0.0788. The number of carbonyl (C=O) groups excluding carboxylic acids is 1. The van der Waals surface area contributed by atoms with E-state index in [1.54, 1.807) is 0 Å². The number of rotatable bonds is 6. The SMILES string of the molecule is CCN(CC(C)C(N)=S)C(C)C(=O)N1CCCC1. The number of nitrogens with two attached hydrogens (primary N) is 1. The Hall–Kier alpha value is -0.680. The predicted octanol–water partition coefficient (Wildman–Crippen LogP) is 1.24. The fraction of sp³-hybridized carbons (Fsp3) is 0.846. The summed E-state index contributed by atoms with van der Waals surface area (Å²) >= 11 is 5.00. The lowest BCUT2D eigenvalue weighted by Crippen LogP contribution is -2.48. The van der Waals surface area contributed by atoms with Crippen molar-refractivity contribution in [1.29, 1.82) is 0 Å². The van der Waals surface area contributed by atoms with Crippen LogP contribution in [0.1, 0.15) is 33.6 Å². The van der Waals surface area contributed by atoms with Gasteiger partial charge in [-0.05, 0) is 26.3 Å². The van der Waals surface area contributed by atoms with Crippen LogP contribution in [0.25, 0.3) is 0 Å². The topological polar surface area (TPSA) is 49.6 Å². The second-order valence-corrected chi connectivity index (χ2v) is 5.57. The van der Waals surface area contributed by atoms with Gasteiger partial charge in [0, 0.05) is 25.6 Å². The maximum Gasteiger partial charge on any atom is 0.239 e. The van der Waals surface area contributed by atoms with E-state index in [4.69, 9.17) is 18.0 Å². The highest BCUT2D eigenvalue weighted by molar-refractivity contribution is 7.80. The molecule has 2 atom stereocenters. The number of likely N-dealkylation sites (N-methyl/N-ethyl adjacent to an activating group) is 1. The molecule has 0 aromatic carbocycles. The van der Waals surface area contributed by atoms with Crippen LogP contribution in [-0.2, 0) is 4.79 Å². The van der Waals surface area contributed by atoms with Crippen molar-refractivity contribution in [3.63, 3.8) is 0 Å². The number of thiocarbonyl (C=S) groups is 1. The molecule has 1 amide bonds. The molecule has 1 aliphatic rings. The van der Waals surface area contributed by atoms with Crippen LogP contribution in [0, 0.1) is 5.92 Å². The average molecular weight is 271 g/mol. The minimum Gasteiger partial charge on any atom is -0.393 e. The summed E-state index contributed by atoms with van der Waals surface area (Å²) in [4.78, 5) is 17.0. The zero-order chi connectivity index (χ0) is 13.7. The number of hydrogen-bond acceptors (Lipinski definition) is 3. The van der Waals surface area contributed by atoms with Gasteiger partial charge in [-0.1, -0.05) is 26.1 Å². The van der Waals surface area contributed by atoms with Crippen LogP contribution in [0.5, 0.6) is 0 Å². The first kappa shape index (κ1) is 15.4. The molecule has 0 aromatic heterocycles. The van der Waals surface area contributed by atoms with Crippen molar-refractivity contribution in [2.45, 2.75) is 39.7 Å². The van der Waals surface area contributed by atoms with Gasteiger partial charge in [-0.25, -0.2) is 0 Å². The summed E-state index contributed by atoms with van der Waals surface area (Å²) in [7, 11) is 0. The molecule has 1 saturated heterocycles. The van der Waals surface area contributed by atoms with Crippen LogP contribution in [0.4, 0.5) is 0 Å². The molecular formula is C13H25N3OS. The monoisotopic (exact) mass is 271 g/mol. The first-order chi connectivity index (χ1) is 8.47. The van der Waals surface area contributed by atoms with Gasteiger partial charge < -0.3 is 10.6 Å². The minimum absolute atomic E-state index is 0.0788. The summed E-state index contributed by atoms with van der Waals surface area (Å²) in [6.07, 6.45) is 2.27. The molecule has 0 radical (unpaired) electrons. The number of carbonyl (C=O) groups is 1. The Labute approximate surface area is 115 Å². The Bertz CT molecular complexity index is 303. The summed E-state index contributed by atoms with van der Waals surface area (Å²) < 4.78 is 0. The fourth-order valence-corrected chi connectivity index (χ4v) is 2.44. The van der Waals surface area contributed by atoms with E-state index in [1.807, 2.05) is 18.7 Å². The third-order valence-corrected chi connectivity index (χ3v) is 4.13. The lowest BCUT2D eigenvalue weighted by molar-refractivity contribution is -0.135. The number of amides is 1. The van der Waals surface area contributed by atoms with Crippen molar-refractivity contribution < 1.29 is 4.79 Å².